The maximum atomic E-state index is 11.5. The maximum absolute atomic E-state index is 11.5. The molecule has 0 rings (SSSR count). The van der Waals surface area contributed by atoms with E-state index in [-0.39, 0.29) is 0 Å². The molecule has 1 unspecified atom stereocenters. The molecule has 0 aliphatic rings. The Morgan fingerprint density at radius 1 is 0.950 bits per heavy atom. The molecule has 1 atom stereocenters. The van der Waals surface area contributed by atoms with Crippen molar-refractivity contribution in [2.24, 2.45) is 11.3 Å². The van der Waals surface area contributed by atoms with Crippen LogP contribution in [-0.4, -0.2) is 11.1 Å². The molecule has 20 heavy (non-hydrogen) atoms. The van der Waals surface area contributed by atoms with Gasteiger partial charge in [0, 0.05) is 0 Å². The third kappa shape index (κ3) is 9.39. The van der Waals surface area contributed by atoms with Crippen molar-refractivity contribution >= 4 is 5.97 Å². The Balaban J connectivity index is 3.78. The highest BCUT2D eigenvalue weighted by molar-refractivity contribution is 5.74. The quantitative estimate of drug-likeness (QED) is 0.418. The minimum atomic E-state index is -0.603. The lowest BCUT2D eigenvalue weighted by molar-refractivity contribution is -0.149. The van der Waals surface area contributed by atoms with Gasteiger partial charge in [0.15, 0.2) is 0 Å². The van der Waals surface area contributed by atoms with Crippen LogP contribution in [0, 0.1) is 11.3 Å². The first kappa shape index (κ1) is 19.5. The van der Waals surface area contributed by atoms with E-state index >= 15 is 0 Å². The fraction of sp³-hybridized carbons (Fsp3) is 0.944. The van der Waals surface area contributed by atoms with Crippen molar-refractivity contribution in [1.29, 1.82) is 0 Å². The molecule has 0 aromatic carbocycles. The fourth-order valence-electron chi connectivity index (χ4n) is 2.70. The molecule has 0 fully saturated rings. The van der Waals surface area contributed by atoms with E-state index in [9.17, 15) is 9.90 Å². The summed E-state index contributed by atoms with van der Waals surface area (Å²) in [6.07, 6.45) is 12.5. The van der Waals surface area contributed by atoms with Crippen LogP contribution in [0.1, 0.15) is 98.3 Å². The molecule has 0 saturated carbocycles. The van der Waals surface area contributed by atoms with Crippen LogP contribution in [0.4, 0.5) is 0 Å². The third-order valence-corrected chi connectivity index (χ3v) is 4.36. The normalized spacial score (nSPS) is 14.4. The Hall–Kier alpha value is -0.530. The lowest BCUT2D eigenvalue weighted by Crippen LogP contribution is -2.27. The van der Waals surface area contributed by atoms with Crippen molar-refractivity contribution < 1.29 is 9.90 Å². The molecule has 120 valence electrons. The van der Waals surface area contributed by atoms with E-state index in [1.54, 1.807) is 0 Å². The molecule has 2 heteroatoms. The average Bonchev–Trinajstić information content (AvgIpc) is 2.37. The van der Waals surface area contributed by atoms with Crippen LogP contribution < -0.4 is 0 Å². The van der Waals surface area contributed by atoms with E-state index in [2.05, 4.69) is 20.8 Å². The Kier molecular flexibility index (Phi) is 10.9. The standard InChI is InChI=1S/C18H36O2/c1-5-6-11-14-18(4,17(19)20)15-12-9-7-8-10-13-16(2)3/h16H,5-15H2,1-4H3,(H,19,20). The molecular formula is C18H36O2. The minimum Gasteiger partial charge on any atom is -0.481 e. The summed E-state index contributed by atoms with van der Waals surface area (Å²) in [7, 11) is 0. The number of aliphatic carboxylic acids is 1. The van der Waals surface area contributed by atoms with Crippen LogP contribution in [0.15, 0.2) is 0 Å². The van der Waals surface area contributed by atoms with Crippen molar-refractivity contribution in [3.8, 4) is 0 Å². The molecule has 0 spiro atoms. The number of carboxylic acid groups (broad SMARTS) is 1. The summed E-state index contributed by atoms with van der Waals surface area (Å²) in [5.74, 6) is 0.206. The fourth-order valence-corrected chi connectivity index (χ4v) is 2.70. The second kappa shape index (κ2) is 11.2. The summed E-state index contributed by atoms with van der Waals surface area (Å²) in [4.78, 5) is 11.5. The summed E-state index contributed by atoms with van der Waals surface area (Å²) < 4.78 is 0. The summed E-state index contributed by atoms with van der Waals surface area (Å²) in [6, 6.07) is 0. The zero-order valence-corrected chi connectivity index (χ0v) is 14.2. The lowest BCUT2D eigenvalue weighted by Gasteiger charge is -2.24. The number of unbranched alkanes of at least 4 members (excludes halogenated alkanes) is 6. The Bertz CT molecular complexity index is 248. The predicted octanol–water partition coefficient (Wildman–Crippen LogP) is 6.04. The highest BCUT2D eigenvalue weighted by Gasteiger charge is 2.31. The SMILES string of the molecule is CCCCCC(C)(CCCCCCCC(C)C)C(=O)O. The molecule has 1 N–H and O–H groups in total. The summed E-state index contributed by atoms with van der Waals surface area (Å²) in [5, 5.41) is 9.43. The van der Waals surface area contributed by atoms with Crippen molar-refractivity contribution in [3.63, 3.8) is 0 Å². The lowest BCUT2D eigenvalue weighted by atomic mass is 9.80. The average molecular weight is 284 g/mol. The monoisotopic (exact) mass is 284 g/mol. The first-order valence-corrected chi connectivity index (χ1v) is 8.65. The summed E-state index contributed by atoms with van der Waals surface area (Å²) in [5.41, 5.74) is -0.493. The van der Waals surface area contributed by atoms with Crippen LogP contribution in [-0.2, 0) is 4.79 Å². The van der Waals surface area contributed by atoms with E-state index in [1.807, 2.05) is 6.92 Å². The second-order valence-corrected chi connectivity index (χ2v) is 7.02. The number of carbonyl (C=O) groups is 1. The Morgan fingerprint density at radius 3 is 1.95 bits per heavy atom. The molecule has 0 aliphatic carbocycles. The number of rotatable bonds is 13. The van der Waals surface area contributed by atoms with Gasteiger partial charge in [0.05, 0.1) is 5.41 Å². The first-order chi connectivity index (χ1) is 9.42. The molecule has 0 radical (unpaired) electrons. The first-order valence-electron chi connectivity index (χ1n) is 8.65. The molecule has 0 aliphatic heterocycles. The predicted molar refractivity (Wildman–Crippen MR) is 87.0 cm³/mol. The van der Waals surface area contributed by atoms with Gasteiger partial charge in [-0.2, -0.15) is 0 Å². The van der Waals surface area contributed by atoms with Crippen molar-refractivity contribution in [2.45, 2.75) is 98.3 Å². The highest BCUT2D eigenvalue weighted by Crippen LogP contribution is 2.31. The van der Waals surface area contributed by atoms with E-state index in [1.165, 1.54) is 32.1 Å². The van der Waals surface area contributed by atoms with Gasteiger partial charge < -0.3 is 5.11 Å². The van der Waals surface area contributed by atoms with Gasteiger partial charge >= 0.3 is 5.97 Å². The molecule has 0 heterocycles. The van der Waals surface area contributed by atoms with Crippen molar-refractivity contribution in [1.82, 2.24) is 0 Å². The number of carboxylic acids is 1. The minimum absolute atomic E-state index is 0.493. The summed E-state index contributed by atoms with van der Waals surface area (Å²) in [6.45, 7) is 8.64. The van der Waals surface area contributed by atoms with Gasteiger partial charge in [-0.25, -0.2) is 0 Å². The molecular weight excluding hydrogens is 248 g/mol. The smallest absolute Gasteiger partial charge is 0.309 e. The van der Waals surface area contributed by atoms with E-state index < -0.39 is 11.4 Å². The Morgan fingerprint density at radius 2 is 1.45 bits per heavy atom. The highest BCUT2D eigenvalue weighted by atomic mass is 16.4. The van der Waals surface area contributed by atoms with Gasteiger partial charge in [0.25, 0.3) is 0 Å². The van der Waals surface area contributed by atoms with E-state index in [4.69, 9.17) is 0 Å². The molecule has 0 aromatic rings. The van der Waals surface area contributed by atoms with Crippen molar-refractivity contribution in [3.05, 3.63) is 0 Å². The van der Waals surface area contributed by atoms with Crippen LogP contribution in [0.25, 0.3) is 0 Å². The summed E-state index contributed by atoms with van der Waals surface area (Å²) >= 11 is 0. The molecule has 0 amide bonds. The van der Waals surface area contributed by atoms with Gasteiger partial charge in [-0.15, -0.1) is 0 Å². The van der Waals surface area contributed by atoms with Crippen LogP contribution >= 0.6 is 0 Å². The maximum Gasteiger partial charge on any atom is 0.309 e. The van der Waals surface area contributed by atoms with Crippen LogP contribution in [0.5, 0.6) is 0 Å². The van der Waals surface area contributed by atoms with Crippen molar-refractivity contribution in [2.75, 3.05) is 0 Å². The van der Waals surface area contributed by atoms with Gasteiger partial charge in [0.2, 0.25) is 0 Å². The third-order valence-electron chi connectivity index (χ3n) is 4.36. The van der Waals surface area contributed by atoms with E-state index in [0.29, 0.717) is 0 Å². The zero-order valence-electron chi connectivity index (χ0n) is 14.2. The van der Waals surface area contributed by atoms with Gasteiger partial charge in [-0.1, -0.05) is 78.6 Å². The van der Waals surface area contributed by atoms with Crippen LogP contribution in [0.3, 0.4) is 0 Å². The van der Waals surface area contributed by atoms with Gasteiger partial charge in [0.1, 0.15) is 0 Å². The van der Waals surface area contributed by atoms with E-state index in [0.717, 1.165) is 44.4 Å². The topological polar surface area (TPSA) is 37.3 Å². The van der Waals surface area contributed by atoms with Gasteiger partial charge in [-0.3, -0.25) is 4.79 Å². The molecule has 2 nitrogen and oxygen atoms in total. The Labute approximate surface area is 126 Å². The second-order valence-electron chi connectivity index (χ2n) is 7.02. The zero-order chi connectivity index (χ0) is 15.4. The molecule has 0 aromatic heterocycles. The van der Waals surface area contributed by atoms with Gasteiger partial charge in [-0.05, 0) is 25.7 Å². The number of hydrogen-bond donors (Lipinski definition) is 1. The molecule has 0 saturated heterocycles. The largest absolute Gasteiger partial charge is 0.481 e. The number of hydrogen-bond acceptors (Lipinski definition) is 1. The van der Waals surface area contributed by atoms with Crippen LogP contribution in [0.2, 0.25) is 0 Å². The molecule has 0 bridgehead atoms.